The quantitative estimate of drug-likeness (QED) is 0.612. The molecule has 0 aliphatic rings. The van der Waals surface area contributed by atoms with Gasteiger partial charge in [0.15, 0.2) is 0 Å². The van der Waals surface area contributed by atoms with Crippen LogP contribution < -0.4 is 4.74 Å². The minimum atomic E-state index is -0.714. The van der Waals surface area contributed by atoms with E-state index in [1.807, 2.05) is 0 Å². The molecule has 6 heteroatoms. The van der Waals surface area contributed by atoms with Crippen LogP contribution in [-0.4, -0.2) is 65.8 Å². The molecule has 0 fully saturated rings. The third-order valence-electron chi connectivity index (χ3n) is 2.57. The van der Waals surface area contributed by atoms with Gasteiger partial charge in [-0.15, -0.1) is 0 Å². The Kier molecular flexibility index (Phi) is 7.78. The minimum absolute atomic E-state index is 0.0158. The Morgan fingerprint density at radius 1 is 1.16 bits per heavy atom. The van der Waals surface area contributed by atoms with Crippen molar-refractivity contribution in [1.82, 2.24) is 4.90 Å². The zero-order valence-electron chi connectivity index (χ0n) is 10.7. The summed E-state index contributed by atoms with van der Waals surface area (Å²) < 4.78 is 5.42. The lowest BCUT2D eigenvalue weighted by Gasteiger charge is -2.23. The Balaban J connectivity index is 2.38. The van der Waals surface area contributed by atoms with Crippen LogP contribution in [0.4, 0.5) is 0 Å². The molecule has 108 valence electrons. The van der Waals surface area contributed by atoms with Gasteiger partial charge in [-0.1, -0.05) is 23.7 Å². The molecule has 3 N–H and O–H groups in total. The van der Waals surface area contributed by atoms with Crippen LogP contribution in [-0.2, 0) is 0 Å². The minimum Gasteiger partial charge on any atom is -0.489 e. The number of aliphatic hydroxyl groups excluding tert-OH is 3. The number of aliphatic hydroxyl groups is 3. The summed E-state index contributed by atoms with van der Waals surface area (Å²) in [4.78, 5) is 1.76. The molecule has 5 nitrogen and oxygen atoms in total. The summed E-state index contributed by atoms with van der Waals surface area (Å²) in [6.45, 7) is 1.21. The Labute approximate surface area is 118 Å². The fourth-order valence-electron chi connectivity index (χ4n) is 1.68. The molecule has 0 radical (unpaired) electrons. The third kappa shape index (κ3) is 6.22. The second-order valence-electron chi connectivity index (χ2n) is 4.14. The normalized spacial score (nSPS) is 12.7. The topological polar surface area (TPSA) is 73.2 Å². The second kappa shape index (κ2) is 9.12. The van der Waals surface area contributed by atoms with Crippen molar-refractivity contribution in [3.63, 3.8) is 0 Å². The molecule has 0 heterocycles. The van der Waals surface area contributed by atoms with E-state index in [2.05, 4.69) is 0 Å². The summed E-state index contributed by atoms with van der Waals surface area (Å²) in [7, 11) is 0. The monoisotopic (exact) mass is 289 g/mol. The van der Waals surface area contributed by atoms with Crippen LogP contribution >= 0.6 is 11.6 Å². The molecule has 1 rings (SSSR count). The van der Waals surface area contributed by atoms with E-state index in [0.717, 1.165) is 0 Å². The summed E-state index contributed by atoms with van der Waals surface area (Å²) in [6, 6.07) is 7.05. The molecule has 0 unspecified atom stereocenters. The van der Waals surface area contributed by atoms with Crippen LogP contribution in [0.25, 0.3) is 0 Å². The Hall–Kier alpha value is -0.850. The molecular weight excluding hydrogens is 270 g/mol. The molecule has 1 aromatic carbocycles. The summed E-state index contributed by atoms with van der Waals surface area (Å²) in [5.41, 5.74) is 0. The lowest BCUT2D eigenvalue weighted by Crippen LogP contribution is -2.38. The Bertz CT molecular complexity index is 358. The van der Waals surface area contributed by atoms with E-state index < -0.39 is 6.10 Å². The number of hydrogen-bond donors (Lipinski definition) is 3. The maximum atomic E-state index is 9.85. The van der Waals surface area contributed by atoms with E-state index in [-0.39, 0.29) is 19.8 Å². The molecule has 0 aliphatic carbocycles. The number of rotatable bonds is 9. The van der Waals surface area contributed by atoms with Crippen molar-refractivity contribution in [3.05, 3.63) is 29.3 Å². The van der Waals surface area contributed by atoms with Gasteiger partial charge in [0.1, 0.15) is 18.5 Å². The van der Waals surface area contributed by atoms with E-state index >= 15 is 0 Å². The van der Waals surface area contributed by atoms with E-state index in [9.17, 15) is 5.11 Å². The van der Waals surface area contributed by atoms with Gasteiger partial charge in [0, 0.05) is 19.6 Å². The maximum absolute atomic E-state index is 9.85. The van der Waals surface area contributed by atoms with E-state index in [1.54, 1.807) is 29.2 Å². The second-order valence-corrected chi connectivity index (χ2v) is 4.55. The van der Waals surface area contributed by atoms with Gasteiger partial charge in [0.05, 0.1) is 18.2 Å². The fourth-order valence-corrected chi connectivity index (χ4v) is 1.87. The molecule has 0 amide bonds. The first-order valence-electron chi connectivity index (χ1n) is 6.16. The van der Waals surface area contributed by atoms with Crippen LogP contribution in [0.3, 0.4) is 0 Å². The van der Waals surface area contributed by atoms with Gasteiger partial charge in [0.2, 0.25) is 0 Å². The number of benzene rings is 1. The van der Waals surface area contributed by atoms with E-state index in [1.165, 1.54) is 0 Å². The Morgan fingerprint density at radius 3 is 2.37 bits per heavy atom. The molecule has 0 saturated carbocycles. The smallest absolute Gasteiger partial charge is 0.138 e. The van der Waals surface area contributed by atoms with Gasteiger partial charge in [-0.2, -0.15) is 0 Å². The number of nitrogens with zero attached hydrogens (tertiary/aromatic N) is 1. The van der Waals surface area contributed by atoms with Crippen molar-refractivity contribution in [1.29, 1.82) is 0 Å². The third-order valence-corrected chi connectivity index (χ3v) is 2.88. The Morgan fingerprint density at radius 2 is 1.79 bits per heavy atom. The van der Waals surface area contributed by atoms with Gasteiger partial charge in [-0.25, -0.2) is 0 Å². The first-order chi connectivity index (χ1) is 9.17. The number of para-hydroxylation sites is 1. The van der Waals surface area contributed by atoms with Gasteiger partial charge in [0.25, 0.3) is 0 Å². The number of halogens is 1. The molecule has 1 atom stereocenters. The highest BCUT2D eigenvalue weighted by atomic mass is 35.5. The van der Waals surface area contributed by atoms with Crippen molar-refractivity contribution in [2.45, 2.75) is 6.10 Å². The van der Waals surface area contributed by atoms with Crippen LogP contribution in [0.15, 0.2) is 24.3 Å². The molecular formula is C13H20ClNO4. The van der Waals surface area contributed by atoms with Crippen LogP contribution in [0.2, 0.25) is 5.02 Å². The first kappa shape index (κ1) is 16.2. The van der Waals surface area contributed by atoms with Crippen molar-refractivity contribution in [2.24, 2.45) is 0 Å². The SMILES string of the molecule is OCCN(CCO)C[C@H](O)COc1ccccc1Cl. The molecule has 0 aliphatic heterocycles. The number of ether oxygens (including phenoxy) is 1. The van der Waals surface area contributed by atoms with Crippen LogP contribution in [0.5, 0.6) is 5.75 Å². The average molecular weight is 290 g/mol. The summed E-state index contributed by atoms with van der Waals surface area (Å²) in [6.07, 6.45) is -0.714. The zero-order chi connectivity index (χ0) is 14.1. The van der Waals surface area contributed by atoms with Gasteiger partial charge in [-0.05, 0) is 12.1 Å². The predicted octanol–water partition coefficient (Wildman–Crippen LogP) is 0.366. The van der Waals surface area contributed by atoms with E-state index in [4.69, 9.17) is 26.6 Å². The standard InChI is InChI=1S/C13H20ClNO4/c14-12-3-1-2-4-13(12)19-10-11(18)9-15(5-7-16)6-8-17/h1-4,11,16-18H,5-10H2/t11-/m0/s1. The highest BCUT2D eigenvalue weighted by molar-refractivity contribution is 6.32. The van der Waals surface area contributed by atoms with Crippen molar-refractivity contribution in [2.75, 3.05) is 39.5 Å². The van der Waals surface area contributed by atoms with Crippen LogP contribution in [0, 0.1) is 0 Å². The summed E-state index contributed by atoms with van der Waals surface area (Å²) in [5.74, 6) is 0.527. The van der Waals surface area contributed by atoms with Gasteiger partial charge < -0.3 is 20.1 Å². The molecule has 0 aromatic heterocycles. The van der Waals surface area contributed by atoms with Crippen molar-refractivity contribution in [3.8, 4) is 5.75 Å². The van der Waals surface area contributed by atoms with Crippen molar-refractivity contribution < 1.29 is 20.1 Å². The molecule has 19 heavy (non-hydrogen) atoms. The van der Waals surface area contributed by atoms with E-state index in [0.29, 0.717) is 30.4 Å². The molecule has 0 spiro atoms. The highest BCUT2D eigenvalue weighted by Crippen LogP contribution is 2.23. The first-order valence-corrected chi connectivity index (χ1v) is 6.54. The number of hydrogen-bond acceptors (Lipinski definition) is 5. The highest BCUT2D eigenvalue weighted by Gasteiger charge is 2.12. The molecule has 1 aromatic rings. The summed E-state index contributed by atoms with van der Waals surface area (Å²) in [5, 5.41) is 28.1. The maximum Gasteiger partial charge on any atom is 0.138 e. The lowest BCUT2D eigenvalue weighted by molar-refractivity contribution is 0.0552. The largest absolute Gasteiger partial charge is 0.489 e. The fraction of sp³-hybridized carbons (Fsp3) is 0.538. The van der Waals surface area contributed by atoms with Crippen molar-refractivity contribution >= 4 is 11.6 Å². The average Bonchev–Trinajstić information content (AvgIpc) is 2.38. The molecule has 0 bridgehead atoms. The van der Waals surface area contributed by atoms with Gasteiger partial charge >= 0.3 is 0 Å². The lowest BCUT2D eigenvalue weighted by atomic mass is 10.3. The van der Waals surface area contributed by atoms with Gasteiger partial charge in [-0.3, -0.25) is 4.90 Å². The van der Waals surface area contributed by atoms with Crippen LogP contribution in [0.1, 0.15) is 0 Å². The molecule has 0 saturated heterocycles. The summed E-state index contributed by atoms with van der Waals surface area (Å²) >= 11 is 5.93. The zero-order valence-corrected chi connectivity index (χ0v) is 11.5. The predicted molar refractivity (Wildman–Crippen MR) is 73.6 cm³/mol.